The van der Waals surface area contributed by atoms with E-state index in [1.165, 1.54) is 22.8 Å². The van der Waals surface area contributed by atoms with Crippen LogP contribution in [0.5, 0.6) is 0 Å². The molecule has 0 radical (unpaired) electrons. The molecule has 1 aromatic heterocycles. The standard InChI is InChI=1S/C22H33N5O5/c1-16(2)25-20(15-21(29)26(17(3)4)22(25)30)23-10-12-24(13-14-28)11-9-18-5-7-19(8-6-18)27(31)32/h5-8,15-17,23,28H,9-14H2,1-4H3. The van der Waals surface area contributed by atoms with Crippen LogP contribution in [0.3, 0.4) is 0 Å². The third-order valence-electron chi connectivity index (χ3n) is 5.22. The zero-order valence-corrected chi connectivity index (χ0v) is 19.2. The van der Waals surface area contributed by atoms with Crippen LogP contribution in [-0.4, -0.2) is 56.8 Å². The first-order valence-electron chi connectivity index (χ1n) is 10.8. The Morgan fingerprint density at radius 1 is 1.03 bits per heavy atom. The highest BCUT2D eigenvalue weighted by Gasteiger charge is 2.16. The van der Waals surface area contributed by atoms with Gasteiger partial charge in [-0.1, -0.05) is 12.1 Å². The van der Waals surface area contributed by atoms with Crippen LogP contribution in [0, 0.1) is 10.1 Å². The topological polar surface area (TPSA) is 123 Å². The number of aliphatic hydroxyl groups excluding tert-OH is 1. The SMILES string of the molecule is CC(C)n1c(NCCN(CCO)CCc2ccc([N+](=O)[O-])cc2)cc(=O)n(C(C)C)c1=O. The van der Waals surface area contributed by atoms with Gasteiger partial charge in [-0.2, -0.15) is 0 Å². The Hall–Kier alpha value is -2.98. The number of non-ortho nitro benzene ring substituents is 1. The first-order chi connectivity index (χ1) is 15.1. The largest absolute Gasteiger partial charge is 0.395 e. The maximum absolute atomic E-state index is 12.8. The average Bonchev–Trinajstić information content (AvgIpc) is 2.71. The summed E-state index contributed by atoms with van der Waals surface area (Å²) in [6, 6.07) is 7.54. The van der Waals surface area contributed by atoms with Crippen molar-refractivity contribution in [3.8, 4) is 0 Å². The molecule has 0 aliphatic carbocycles. The van der Waals surface area contributed by atoms with Crippen molar-refractivity contribution in [3.05, 3.63) is 66.8 Å². The summed E-state index contributed by atoms with van der Waals surface area (Å²) in [5, 5.41) is 23.4. The van der Waals surface area contributed by atoms with E-state index in [0.29, 0.717) is 38.4 Å². The number of nitrogens with zero attached hydrogens (tertiary/aromatic N) is 4. The van der Waals surface area contributed by atoms with Gasteiger partial charge in [-0.05, 0) is 39.7 Å². The number of rotatable bonds is 12. The van der Waals surface area contributed by atoms with Gasteiger partial charge >= 0.3 is 5.69 Å². The van der Waals surface area contributed by atoms with E-state index in [2.05, 4.69) is 10.2 Å². The molecule has 0 aliphatic rings. The summed E-state index contributed by atoms with van der Waals surface area (Å²) < 4.78 is 2.82. The van der Waals surface area contributed by atoms with Gasteiger partial charge in [0.05, 0.1) is 11.5 Å². The van der Waals surface area contributed by atoms with Gasteiger partial charge < -0.3 is 10.4 Å². The van der Waals surface area contributed by atoms with Crippen LogP contribution in [0.4, 0.5) is 11.5 Å². The number of hydrogen-bond acceptors (Lipinski definition) is 7. The molecule has 0 spiro atoms. The molecule has 2 rings (SSSR count). The predicted octanol–water partition coefficient (Wildman–Crippen LogP) is 2.03. The summed E-state index contributed by atoms with van der Waals surface area (Å²) in [6.45, 7) is 9.60. The first kappa shape index (κ1) is 25.3. The van der Waals surface area contributed by atoms with Crippen LogP contribution in [0.2, 0.25) is 0 Å². The van der Waals surface area contributed by atoms with E-state index < -0.39 is 4.92 Å². The van der Waals surface area contributed by atoms with Gasteiger partial charge in [-0.25, -0.2) is 4.79 Å². The lowest BCUT2D eigenvalue weighted by Gasteiger charge is -2.24. The second-order valence-corrected chi connectivity index (χ2v) is 8.24. The molecule has 2 aromatic rings. The number of nitro benzene ring substituents is 1. The van der Waals surface area contributed by atoms with Crippen molar-refractivity contribution >= 4 is 11.5 Å². The number of aliphatic hydroxyl groups is 1. The highest BCUT2D eigenvalue weighted by Crippen LogP contribution is 2.13. The zero-order valence-electron chi connectivity index (χ0n) is 19.2. The lowest BCUT2D eigenvalue weighted by molar-refractivity contribution is -0.384. The minimum absolute atomic E-state index is 0.00139. The fourth-order valence-electron chi connectivity index (χ4n) is 3.57. The Kier molecular flexibility index (Phi) is 9.15. The normalized spacial score (nSPS) is 11.5. The van der Waals surface area contributed by atoms with Crippen LogP contribution in [-0.2, 0) is 6.42 Å². The van der Waals surface area contributed by atoms with E-state index >= 15 is 0 Å². The molecule has 32 heavy (non-hydrogen) atoms. The van der Waals surface area contributed by atoms with Crippen LogP contribution >= 0.6 is 0 Å². The zero-order chi connectivity index (χ0) is 23.8. The molecule has 176 valence electrons. The fraction of sp³-hybridized carbons (Fsp3) is 0.545. The molecule has 0 unspecified atom stereocenters. The molecule has 1 aromatic carbocycles. The summed E-state index contributed by atoms with van der Waals surface area (Å²) in [6.07, 6.45) is 0.680. The van der Waals surface area contributed by atoms with Gasteiger partial charge in [0.25, 0.3) is 11.2 Å². The van der Waals surface area contributed by atoms with Crippen molar-refractivity contribution in [2.24, 2.45) is 0 Å². The molecule has 10 heteroatoms. The summed E-state index contributed by atoms with van der Waals surface area (Å²) in [5.41, 5.74) is 0.350. The maximum Gasteiger partial charge on any atom is 0.333 e. The van der Waals surface area contributed by atoms with Gasteiger partial charge in [-0.3, -0.25) is 28.9 Å². The third kappa shape index (κ3) is 6.51. The second-order valence-electron chi connectivity index (χ2n) is 8.24. The van der Waals surface area contributed by atoms with Crippen LogP contribution in [0.15, 0.2) is 39.9 Å². The Labute approximate surface area is 187 Å². The van der Waals surface area contributed by atoms with E-state index in [0.717, 1.165) is 5.56 Å². The Balaban J connectivity index is 2.05. The van der Waals surface area contributed by atoms with Crippen molar-refractivity contribution < 1.29 is 10.0 Å². The number of benzene rings is 1. The van der Waals surface area contributed by atoms with Gasteiger partial charge in [0.1, 0.15) is 5.82 Å². The lowest BCUT2D eigenvalue weighted by Crippen LogP contribution is -2.42. The Morgan fingerprint density at radius 2 is 1.66 bits per heavy atom. The minimum Gasteiger partial charge on any atom is -0.395 e. The smallest absolute Gasteiger partial charge is 0.333 e. The molecule has 0 atom stereocenters. The molecular formula is C22H33N5O5. The number of hydrogen-bond donors (Lipinski definition) is 2. The van der Waals surface area contributed by atoms with Crippen LogP contribution in [0.1, 0.15) is 45.3 Å². The van der Waals surface area contributed by atoms with Crippen LogP contribution in [0.25, 0.3) is 0 Å². The summed E-state index contributed by atoms with van der Waals surface area (Å²) >= 11 is 0. The Bertz CT molecular complexity index is 1010. The number of aromatic nitrogens is 2. The quantitative estimate of drug-likeness (QED) is 0.377. The van der Waals surface area contributed by atoms with E-state index in [-0.39, 0.29) is 35.6 Å². The molecule has 0 fully saturated rings. The first-order valence-corrected chi connectivity index (χ1v) is 10.8. The molecule has 0 aliphatic heterocycles. The Morgan fingerprint density at radius 3 is 2.19 bits per heavy atom. The maximum atomic E-state index is 12.8. The highest BCUT2D eigenvalue weighted by molar-refractivity contribution is 5.35. The predicted molar refractivity (Wildman–Crippen MR) is 125 cm³/mol. The second kappa shape index (κ2) is 11.6. The molecular weight excluding hydrogens is 414 g/mol. The molecule has 0 saturated heterocycles. The summed E-state index contributed by atoms with van der Waals surface area (Å²) in [4.78, 5) is 37.7. The van der Waals surface area contributed by atoms with E-state index in [1.807, 2.05) is 13.8 Å². The van der Waals surface area contributed by atoms with Crippen molar-refractivity contribution in [1.82, 2.24) is 14.0 Å². The van der Waals surface area contributed by atoms with E-state index in [1.54, 1.807) is 30.5 Å². The minimum atomic E-state index is -0.427. The van der Waals surface area contributed by atoms with Crippen molar-refractivity contribution in [1.29, 1.82) is 0 Å². The molecule has 0 bridgehead atoms. The molecule has 0 saturated carbocycles. The summed E-state index contributed by atoms with van der Waals surface area (Å²) in [7, 11) is 0. The van der Waals surface area contributed by atoms with Crippen molar-refractivity contribution in [2.45, 2.75) is 46.2 Å². The molecule has 2 N–H and O–H groups in total. The van der Waals surface area contributed by atoms with Gasteiger partial charge in [0.2, 0.25) is 0 Å². The number of anilines is 1. The van der Waals surface area contributed by atoms with Crippen molar-refractivity contribution in [3.63, 3.8) is 0 Å². The summed E-state index contributed by atoms with van der Waals surface area (Å²) in [5.74, 6) is 0.478. The van der Waals surface area contributed by atoms with Gasteiger partial charge in [0.15, 0.2) is 0 Å². The number of nitrogens with one attached hydrogen (secondary N) is 1. The van der Waals surface area contributed by atoms with E-state index in [9.17, 15) is 24.8 Å². The molecule has 0 amide bonds. The fourth-order valence-corrected chi connectivity index (χ4v) is 3.57. The highest BCUT2D eigenvalue weighted by atomic mass is 16.6. The lowest BCUT2D eigenvalue weighted by atomic mass is 10.1. The molecule has 10 nitrogen and oxygen atoms in total. The number of nitro groups is 1. The average molecular weight is 448 g/mol. The van der Waals surface area contributed by atoms with Gasteiger partial charge in [-0.15, -0.1) is 0 Å². The third-order valence-corrected chi connectivity index (χ3v) is 5.22. The monoisotopic (exact) mass is 447 g/mol. The molecule has 1 heterocycles. The van der Waals surface area contributed by atoms with Crippen LogP contribution < -0.4 is 16.6 Å². The van der Waals surface area contributed by atoms with Crippen molar-refractivity contribution in [2.75, 3.05) is 38.1 Å². The van der Waals surface area contributed by atoms with Gasteiger partial charge in [0, 0.05) is 56.5 Å². The van der Waals surface area contributed by atoms with E-state index in [4.69, 9.17) is 0 Å².